The van der Waals surface area contributed by atoms with Gasteiger partial charge in [0.25, 0.3) is 0 Å². The lowest BCUT2D eigenvalue weighted by Crippen LogP contribution is -2.28. The Morgan fingerprint density at radius 1 is 0.419 bits per heavy atom. The number of hydrogen-bond acceptors (Lipinski definition) is 9. The van der Waals surface area contributed by atoms with Crippen LogP contribution in [0.4, 0.5) is 0 Å². The van der Waals surface area contributed by atoms with Crippen molar-refractivity contribution in [3.05, 3.63) is 12.2 Å². The molecular weight excluding hydrogens is 804 g/mol. The van der Waals surface area contributed by atoms with E-state index < -0.39 is 58.4 Å². The van der Waals surface area contributed by atoms with Crippen molar-refractivity contribution < 1.29 is 47.8 Å². The lowest BCUT2D eigenvalue weighted by molar-refractivity contribution is -0.153. The summed E-state index contributed by atoms with van der Waals surface area (Å²) in [5.41, 5.74) is 0. The van der Waals surface area contributed by atoms with Crippen molar-refractivity contribution in [1.29, 1.82) is 0 Å². The van der Waals surface area contributed by atoms with Crippen LogP contribution in [-0.4, -0.2) is 65.7 Å². The monoisotopic (exact) mass is 903 g/mol. The average Bonchev–Trinajstić information content (AvgIpc) is 3.26. The van der Waals surface area contributed by atoms with Crippen LogP contribution in [-0.2, 0) is 32.7 Å². The van der Waals surface area contributed by atoms with Gasteiger partial charge in [0.15, 0.2) is 0 Å². The van der Waals surface area contributed by atoms with Crippen LogP contribution in [0.2, 0.25) is 0 Å². The van der Waals surface area contributed by atoms with Gasteiger partial charge in [-0.1, -0.05) is 225 Å². The Labute approximate surface area is 381 Å². The maximum absolute atomic E-state index is 12.4. The minimum absolute atomic E-state index is 0.194. The lowest BCUT2D eigenvalue weighted by atomic mass is 10.0. The van der Waals surface area contributed by atoms with Crippen LogP contribution in [0.5, 0.6) is 0 Å². The van der Waals surface area contributed by atoms with E-state index in [0.29, 0.717) is 12.8 Å². The molecule has 0 bridgehead atoms. The highest BCUT2D eigenvalue weighted by Gasteiger charge is 2.27. The summed E-state index contributed by atoms with van der Waals surface area (Å²) in [6.45, 7) is 2.27. The summed E-state index contributed by atoms with van der Waals surface area (Å²) in [5, 5.41) is 19.3. The minimum Gasteiger partial charge on any atom is -0.457 e. The van der Waals surface area contributed by atoms with Crippen LogP contribution in [0.3, 0.4) is 0 Å². The number of carbonyl (C=O) groups excluding carboxylic acids is 2. The molecule has 0 fully saturated rings. The number of aliphatic hydroxyl groups excluding tert-OH is 2. The van der Waals surface area contributed by atoms with Crippen molar-refractivity contribution in [2.24, 2.45) is 0 Å². The first kappa shape index (κ1) is 60.7. The fraction of sp³-hybridized carbons (Fsp3) is 0.922. The van der Waals surface area contributed by atoms with Gasteiger partial charge in [-0.15, -0.1) is 0 Å². The fourth-order valence-electron chi connectivity index (χ4n) is 7.70. The van der Waals surface area contributed by atoms with Crippen LogP contribution < -0.4 is 0 Å². The first-order valence-corrected chi connectivity index (χ1v) is 27.6. The third kappa shape index (κ3) is 45.3. The van der Waals surface area contributed by atoms with Gasteiger partial charge in [0.2, 0.25) is 0 Å². The zero-order valence-corrected chi connectivity index (χ0v) is 41.3. The Bertz CT molecular complexity index is 1040. The van der Waals surface area contributed by atoms with E-state index in [-0.39, 0.29) is 12.8 Å². The van der Waals surface area contributed by atoms with Crippen molar-refractivity contribution in [1.82, 2.24) is 0 Å². The summed E-state index contributed by atoms with van der Waals surface area (Å²) < 4.78 is 32.7. The van der Waals surface area contributed by atoms with Gasteiger partial charge in [-0.05, 0) is 38.5 Å². The molecule has 0 amide bonds. The molecule has 3 atom stereocenters. The predicted molar refractivity (Wildman–Crippen MR) is 256 cm³/mol. The Morgan fingerprint density at radius 2 is 0.661 bits per heavy atom. The standard InChI is InChI=1S/C51H99O10P/c1-3-5-7-9-11-13-15-17-19-21-23-24-25-27-29-31-33-35-37-39-41-43-51(55)61-49(45-53)47-59-62(56,57)58-46-48(44-52)60-50(54)42-40-38-36-34-32-30-28-26-22-20-18-16-14-12-10-8-6-4-2/h21,23,48-49,52-53H,3-20,22,24-47H2,1-2H3,(H,56,57)/b23-21-. The molecule has 368 valence electrons. The van der Waals surface area contributed by atoms with Crippen LogP contribution in [0.25, 0.3) is 0 Å². The van der Waals surface area contributed by atoms with Gasteiger partial charge in [0.1, 0.15) is 12.2 Å². The van der Waals surface area contributed by atoms with Gasteiger partial charge in [0, 0.05) is 12.8 Å². The Balaban J connectivity index is 3.80. The second-order valence-electron chi connectivity index (χ2n) is 17.9. The molecule has 0 rings (SSSR count). The second-order valence-corrected chi connectivity index (χ2v) is 19.3. The van der Waals surface area contributed by atoms with Gasteiger partial charge in [-0.2, -0.15) is 0 Å². The number of phosphoric acid groups is 1. The van der Waals surface area contributed by atoms with E-state index >= 15 is 0 Å². The lowest BCUT2D eigenvalue weighted by Gasteiger charge is -2.20. The number of aliphatic hydroxyl groups is 2. The first-order valence-electron chi connectivity index (χ1n) is 26.1. The number of unbranched alkanes of at least 4 members (excludes halogenated alkanes) is 34. The average molecular weight is 903 g/mol. The number of rotatable bonds is 50. The molecule has 0 aliphatic rings. The summed E-state index contributed by atoms with van der Waals surface area (Å²) in [5.74, 6) is -1.01. The number of phosphoric ester groups is 1. The molecule has 0 saturated carbocycles. The predicted octanol–water partition coefficient (Wildman–Crippen LogP) is 14.7. The highest BCUT2D eigenvalue weighted by molar-refractivity contribution is 7.47. The molecule has 0 spiro atoms. The highest BCUT2D eigenvalue weighted by atomic mass is 31.2. The first-order chi connectivity index (χ1) is 30.3. The van der Waals surface area contributed by atoms with Gasteiger partial charge >= 0.3 is 19.8 Å². The second kappa shape index (κ2) is 47.7. The van der Waals surface area contributed by atoms with Crippen molar-refractivity contribution >= 4 is 19.8 Å². The molecule has 11 heteroatoms. The Kier molecular flexibility index (Phi) is 46.7. The van der Waals surface area contributed by atoms with Crippen LogP contribution in [0.15, 0.2) is 12.2 Å². The van der Waals surface area contributed by atoms with Crippen molar-refractivity contribution in [2.75, 3.05) is 26.4 Å². The largest absolute Gasteiger partial charge is 0.472 e. The van der Waals surface area contributed by atoms with Gasteiger partial charge in [-0.25, -0.2) is 4.57 Å². The number of allylic oxidation sites excluding steroid dienone is 2. The molecule has 3 unspecified atom stereocenters. The third-order valence-electron chi connectivity index (χ3n) is 11.7. The number of hydrogen-bond donors (Lipinski definition) is 3. The van der Waals surface area contributed by atoms with E-state index in [1.54, 1.807) is 0 Å². The Hall–Kier alpha value is -1.29. The highest BCUT2D eigenvalue weighted by Crippen LogP contribution is 2.43. The topological polar surface area (TPSA) is 149 Å². The minimum atomic E-state index is -4.64. The van der Waals surface area contributed by atoms with Crippen LogP contribution in [0, 0.1) is 0 Å². The number of carbonyl (C=O) groups is 2. The van der Waals surface area contributed by atoms with Crippen molar-refractivity contribution in [3.8, 4) is 0 Å². The maximum Gasteiger partial charge on any atom is 0.472 e. The SMILES string of the molecule is CCCCCCCCCC/C=C\CCCCCCCCCCCC(=O)OC(CO)COP(=O)(O)OCC(CO)OC(=O)CCCCCCCCCCCCCCCCCCCC. The molecule has 0 aromatic heterocycles. The normalized spacial score (nSPS) is 13.7. The molecule has 10 nitrogen and oxygen atoms in total. The zero-order chi connectivity index (χ0) is 45.5. The Morgan fingerprint density at radius 3 is 0.919 bits per heavy atom. The van der Waals surface area contributed by atoms with Gasteiger partial charge in [-0.3, -0.25) is 18.6 Å². The van der Waals surface area contributed by atoms with Gasteiger partial charge in [0.05, 0.1) is 26.4 Å². The van der Waals surface area contributed by atoms with Crippen molar-refractivity contribution in [2.45, 2.75) is 276 Å². The molecule has 0 radical (unpaired) electrons. The van der Waals surface area contributed by atoms with Crippen molar-refractivity contribution in [3.63, 3.8) is 0 Å². The molecule has 3 N–H and O–H groups in total. The van der Waals surface area contributed by atoms with Gasteiger partial charge < -0.3 is 24.6 Å². The molecule has 0 aliphatic carbocycles. The smallest absolute Gasteiger partial charge is 0.457 e. The molecule has 0 aromatic carbocycles. The molecular formula is C51H99O10P. The summed E-state index contributed by atoms with van der Waals surface area (Å²) in [6, 6.07) is 0. The molecule has 0 heterocycles. The zero-order valence-electron chi connectivity index (χ0n) is 40.4. The molecule has 0 aliphatic heterocycles. The van der Waals surface area contributed by atoms with Crippen LogP contribution >= 0.6 is 7.82 Å². The molecule has 62 heavy (non-hydrogen) atoms. The number of ether oxygens (including phenoxy) is 2. The van der Waals surface area contributed by atoms with E-state index in [1.165, 1.54) is 186 Å². The quantitative estimate of drug-likeness (QED) is 0.0233. The number of esters is 2. The van der Waals surface area contributed by atoms with E-state index in [1.807, 2.05) is 0 Å². The summed E-state index contributed by atoms with van der Waals surface area (Å²) in [7, 11) is -4.64. The fourth-order valence-corrected chi connectivity index (χ4v) is 8.49. The van der Waals surface area contributed by atoms with E-state index in [0.717, 1.165) is 38.5 Å². The van der Waals surface area contributed by atoms with Crippen LogP contribution in [0.1, 0.15) is 264 Å². The summed E-state index contributed by atoms with van der Waals surface area (Å²) in [6.07, 6.45) is 49.0. The molecule has 0 saturated heterocycles. The molecule has 0 aromatic rings. The maximum atomic E-state index is 12.4. The van der Waals surface area contributed by atoms with E-state index in [4.69, 9.17) is 18.5 Å². The summed E-state index contributed by atoms with van der Waals surface area (Å²) >= 11 is 0. The van der Waals surface area contributed by atoms with E-state index in [9.17, 15) is 29.3 Å². The summed E-state index contributed by atoms with van der Waals surface area (Å²) in [4.78, 5) is 34.7. The third-order valence-corrected chi connectivity index (χ3v) is 12.7. The van der Waals surface area contributed by atoms with E-state index in [2.05, 4.69) is 26.0 Å².